The lowest BCUT2D eigenvalue weighted by molar-refractivity contribution is 0.102. The molecule has 1 aromatic heterocycles. The minimum Gasteiger partial charge on any atom is -0.454 e. The third kappa shape index (κ3) is 2.51. The summed E-state index contributed by atoms with van der Waals surface area (Å²) in [7, 11) is 0. The van der Waals surface area contributed by atoms with E-state index in [0.29, 0.717) is 53.0 Å². The van der Waals surface area contributed by atoms with E-state index in [1.54, 1.807) is 36.4 Å². The maximum atomic E-state index is 12.5. The predicted octanol–water partition coefficient (Wildman–Crippen LogP) is 1.99. The number of carbonyl (C=O) groups is 1. The Labute approximate surface area is 147 Å². The summed E-state index contributed by atoms with van der Waals surface area (Å²) in [4.78, 5) is 18.7. The highest BCUT2D eigenvalue weighted by Gasteiger charge is 2.28. The van der Waals surface area contributed by atoms with E-state index in [2.05, 4.69) is 10.3 Å². The number of fused-ring (bicyclic) bond motifs is 2. The molecule has 0 spiro atoms. The number of carbonyl (C=O) groups excluding carboxylic acids is 1. The molecular weight excluding hydrogens is 338 g/mol. The minimum atomic E-state index is -0.332. The van der Waals surface area contributed by atoms with Gasteiger partial charge in [-0.15, -0.1) is 0 Å². The standard InChI is InChI=1S/C18H15N3O5/c22-12-7-21(8-12)18-20-13-6-11(2-4-14(13)26-18)19-17(23)10-1-3-15-16(5-10)25-9-24-15/h1-6,12,22H,7-9H2,(H,19,23). The van der Waals surface area contributed by atoms with Gasteiger partial charge in [-0.2, -0.15) is 4.98 Å². The van der Waals surface area contributed by atoms with Crippen LogP contribution in [0.5, 0.6) is 11.5 Å². The summed E-state index contributed by atoms with van der Waals surface area (Å²) in [5.74, 6) is 0.942. The van der Waals surface area contributed by atoms with Gasteiger partial charge >= 0.3 is 0 Å². The number of benzene rings is 2. The maximum Gasteiger partial charge on any atom is 0.298 e. The molecule has 3 aromatic rings. The van der Waals surface area contributed by atoms with Crippen molar-refractivity contribution in [2.75, 3.05) is 30.1 Å². The Bertz CT molecular complexity index is 1010. The molecule has 0 unspecified atom stereocenters. The number of rotatable bonds is 3. The van der Waals surface area contributed by atoms with Crippen LogP contribution in [-0.4, -0.2) is 42.0 Å². The van der Waals surface area contributed by atoms with E-state index < -0.39 is 0 Å². The predicted molar refractivity (Wildman–Crippen MR) is 92.7 cm³/mol. The van der Waals surface area contributed by atoms with E-state index in [0.717, 1.165) is 0 Å². The number of nitrogens with one attached hydrogen (secondary N) is 1. The molecule has 0 bridgehead atoms. The van der Waals surface area contributed by atoms with Crippen LogP contribution in [0.25, 0.3) is 11.1 Å². The zero-order valence-electron chi connectivity index (χ0n) is 13.6. The maximum absolute atomic E-state index is 12.5. The van der Waals surface area contributed by atoms with Gasteiger partial charge in [0.1, 0.15) is 5.52 Å². The fourth-order valence-corrected chi connectivity index (χ4v) is 2.98. The van der Waals surface area contributed by atoms with Crippen molar-refractivity contribution in [3.63, 3.8) is 0 Å². The highest BCUT2D eigenvalue weighted by molar-refractivity contribution is 6.05. The highest BCUT2D eigenvalue weighted by atomic mass is 16.7. The molecule has 2 aromatic carbocycles. The first-order valence-corrected chi connectivity index (χ1v) is 8.20. The number of nitrogens with zero attached hydrogens (tertiary/aromatic N) is 2. The number of aromatic nitrogens is 1. The molecule has 1 saturated heterocycles. The van der Waals surface area contributed by atoms with E-state index in [1.807, 2.05) is 4.90 Å². The lowest BCUT2D eigenvalue weighted by Gasteiger charge is -2.34. The van der Waals surface area contributed by atoms with Gasteiger partial charge < -0.3 is 29.2 Å². The number of aliphatic hydroxyl groups excluding tert-OH is 1. The Kier molecular flexibility index (Phi) is 3.26. The van der Waals surface area contributed by atoms with Crippen LogP contribution in [0.3, 0.4) is 0 Å². The second-order valence-electron chi connectivity index (χ2n) is 6.26. The molecule has 1 fully saturated rings. The first-order chi connectivity index (χ1) is 12.7. The van der Waals surface area contributed by atoms with Crippen molar-refractivity contribution >= 4 is 28.7 Å². The molecule has 1 amide bonds. The van der Waals surface area contributed by atoms with Gasteiger partial charge in [0.2, 0.25) is 6.79 Å². The number of ether oxygens (including phenoxy) is 2. The largest absolute Gasteiger partial charge is 0.454 e. The van der Waals surface area contributed by atoms with Crippen LogP contribution >= 0.6 is 0 Å². The van der Waals surface area contributed by atoms with Crippen LogP contribution in [-0.2, 0) is 0 Å². The molecule has 5 rings (SSSR count). The van der Waals surface area contributed by atoms with Crippen LogP contribution in [0.4, 0.5) is 11.7 Å². The van der Waals surface area contributed by atoms with Crippen molar-refractivity contribution in [3.05, 3.63) is 42.0 Å². The van der Waals surface area contributed by atoms with E-state index in [-0.39, 0.29) is 18.8 Å². The van der Waals surface area contributed by atoms with Crippen molar-refractivity contribution in [3.8, 4) is 11.5 Å². The summed E-state index contributed by atoms with van der Waals surface area (Å²) in [5.41, 5.74) is 2.36. The number of aliphatic hydroxyl groups is 1. The lowest BCUT2D eigenvalue weighted by atomic mass is 10.2. The Balaban J connectivity index is 1.36. The van der Waals surface area contributed by atoms with Crippen LogP contribution in [0.2, 0.25) is 0 Å². The van der Waals surface area contributed by atoms with Gasteiger partial charge in [-0.1, -0.05) is 0 Å². The lowest BCUT2D eigenvalue weighted by Crippen LogP contribution is -2.51. The Morgan fingerprint density at radius 1 is 1.15 bits per heavy atom. The van der Waals surface area contributed by atoms with Crippen LogP contribution in [0.15, 0.2) is 40.8 Å². The van der Waals surface area contributed by atoms with E-state index in [1.165, 1.54) is 0 Å². The topological polar surface area (TPSA) is 97.1 Å². The van der Waals surface area contributed by atoms with E-state index in [9.17, 15) is 9.90 Å². The average molecular weight is 353 g/mol. The molecule has 0 radical (unpaired) electrons. The Hall–Kier alpha value is -3.26. The molecule has 132 valence electrons. The van der Waals surface area contributed by atoms with E-state index >= 15 is 0 Å². The summed E-state index contributed by atoms with van der Waals surface area (Å²) >= 11 is 0. The summed E-state index contributed by atoms with van der Waals surface area (Å²) in [6, 6.07) is 10.8. The molecule has 8 nitrogen and oxygen atoms in total. The smallest absolute Gasteiger partial charge is 0.298 e. The molecule has 3 heterocycles. The number of hydrogen-bond acceptors (Lipinski definition) is 7. The van der Waals surface area contributed by atoms with Crippen molar-refractivity contribution in [2.24, 2.45) is 0 Å². The quantitative estimate of drug-likeness (QED) is 0.743. The van der Waals surface area contributed by atoms with Crippen molar-refractivity contribution < 1.29 is 23.8 Å². The molecule has 2 N–H and O–H groups in total. The second kappa shape index (κ2) is 5.63. The van der Waals surface area contributed by atoms with Gasteiger partial charge in [0, 0.05) is 11.3 Å². The number of anilines is 2. The van der Waals surface area contributed by atoms with Crippen molar-refractivity contribution in [2.45, 2.75) is 6.10 Å². The number of amides is 1. The zero-order chi connectivity index (χ0) is 17.7. The summed E-state index contributed by atoms with van der Waals surface area (Å²) in [6.45, 7) is 1.20. The van der Waals surface area contributed by atoms with Gasteiger partial charge in [-0.25, -0.2) is 0 Å². The van der Waals surface area contributed by atoms with E-state index in [4.69, 9.17) is 13.9 Å². The molecule has 8 heteroatoms. The zero-order valence-corrected chi connectivity index (χ0v) is 13.6. The Morgan fingerprint density at radius 2 is 2.00 bits per heavy atom. The Morgan fingerprint density at radius 3 is 2.85 bits per heavy atom. The van der Waals surface area contributed by atoms with Gasteiger partial charge in [-0.05, 0) is 36.4 Å². The molecular formula is C18H15N3O5. The molecule has 26 heavy (non-hydrogen) atoms. The highest BCUT2D eigenvalue weighted by Crippen LogP contribution is 2.33. The number of oxazole rings is 1. The molecule has 0 aliphatic carbocycles. The summed E-state index contributed by atoms with van der Waals surface area (Å²) in [6.07, 6.45) is -0.332. The second-order valence-corrected chi connectivity index (χ2v) is 6.26. The van der Waals surface area contributed by atoms with Crippen LogP contribution < -0.4 is 19.7 Å². The third-order valence-corrected chi connectivity index (χ3v) is 4.40. The fraction of sp³-hybridized carbons (Fsp3) is 0.222. The van der Waals surface area contributed by atoms with Crippen LogP contribution in [0, 0.1) is 0 Å². The van der Waals surface area contributed by atoms with Crippen LogP contribution in [0.1, 0.15) is 10.4 Å². The first kappa shape index (κ1) is 15.0. The number of hydrogen-bond donors (Lipinski definition) is 2. The normalized spacial score (nSPS) is 16.0. The fourth-order valence-electron chi connectivity index (χ4n) is 2.98. The monoisotopic (exact) mass is 353 g/mol. The minimum absolute atomic E-state index is 0.166. The molecule has 2 aliphatic rings. The first-order valence-electron chi connectivity index (χ1n) is 8.20. The van der Waals surface area contributed by atoms with Gasteiger partial charge in [0.05, 0.1) is 19.2 Å². The van der Waals surface area contributed by atoms with Gasteiger partial charge in [-0.3, -0.25) is 4.79 Å². The SMILES string of the molecule is O=C(Nc1ccc2oc(N3CC(O)C3)nc2c1)c1ccc2c(c1)OCO2. The molecule has 0 saturated carbocycles. The number of β-amino-alcohol motifs (C(OH)–C–C–N with tert-alkyl or cyclic N) is 1. The van der Waals surface area contributed by atoms with Crippen molar-refractivity contribution in [1.82, 2.24) is 4.98 Å². The molecule has 0 atom stereocenters. The van der Waals surface area contributed by atoms with Gasteiger partial charge in [0.25, 0.3) is 11.9 Å². The summed E-state index contributed by atoms with van der Waals surface area (Å²) < 4.78 is 16.2. The average Bonchev–Trinajstić information content (AvgIpc) is 3.24. The molecule has 2 aliphatic heterocycles. The summed E-state index contributed by atoms with van der Waals surface area (Å²) in [5, 5.41) is 12.2. The van der Waals surface area contributed by atoms with Crippen molar-refractivity contribution in [1.29, 1.82) is 0 Å². The van der Waals surface area contributed by atoms with Gasteiger partial charge in [0.15, 0.2) is 17.1 Å². The third-order valence-electron chi connectivity index (χ3n) is 4.40.